The van der Waals surface area contributed by atoms with Gasteiger partial charge in [0.25, 0.3) is 5.92 Å². The number of halogens is 3. The van der Waals surface area contributed by atoms with Crippen molar-refractivity contribution in [3.05, 3.63) is 29.3 Å². The van der Waals surface area contributed by atoms with Gasteiger partial charge in [-0.1, -0.05) is 17.7 Å². The van der Waals surface area contributed by atoms with E-state index in [1.165, 1.54) is 6.07 Å². The Bertz CT molecular complexity index is 402. The maximum atomic E-state index is 12.6. The summed E-state index contributed by atoms with van der Waals surface area (Å²) in [5.41, 5.74) is 0.391. The number of hydrogen-bond donors (Lipinski definition) is 3. The van der Waals surface area contributed by atoms with Gasteiger partial charge >= 0.3 is 6.03 Å². The summed E-state index contributed by atoms with van der Waals surface area (Å²) < 4.78 is 25.2. The summed E-state index contributed by atoms with van der Waals surface area (Å²) in [6.07, 6.45) is 0. The predicted octanol–water partition coefficient (Wildman–Crippen LogP) is 2.09. The van der Waals surface area contributed by atoms with Gasteiger partial charge in [-0.2, -0.15) is 0 Å². The lowest BCUT2D eigenvalue weighted by Gasteiger charge is -2.14. The van der Waals surface area contributed by atoms with Crippen LogP contribution in [0, 0.1) is 0 Å². The molecule has 1 rings (SSSR count). The highest BCUT2D eigenvalue weighted by atomic mass is 35.5. The quantitative estimate of drug-likeness (QED) is 0.780. The van der Waals surface area contributed by atoms with Crippen LogP contribution in [0.2, 0.25) is 5.02 Å². The number of urea groups is 1. The highest BCUT2D eigenvalue weighted by Crippen LogP contribution is 2.15. The second kappa shape index (κ2) is 5.79. The molecule has 17 heavy (non-hydrogen) atoms. The van der Waals surface area contributed by atoms with E-state index in [0.717, 1.165) is 0 Å². The van der Waals surface area contributed by atoms with Gasteiger partial charge in [-0.3, -0.25) is 0 Å². The standard InChI is InChI=1S/C10H11ClF2N2O2/c11-7-2-1-3-8(4-7)15-9(17)14-5-10(12,13)6-16/h1-4,16H,5-6H2,(H2,14,15,17). The van der Waals surface area contributed by atoms with Crippen LogP contribution in [-0.2, 0) is 0 Å². The van der Waals surface area contributed by atoms with Crippen LogP contribution in [0.4, 0.5) is 19.3 Å². The van der Waals surface area contributed by atoms with Gasteiger partial charge in [0.05, 0.1) is 6.54 Å². The van der Waals surface area contributed by atoms with E-state index in [2.05, 4.69) is 5.32 Å². The topological polar surface area (TPSA) is 61.4 Å². The van der Waals surface area contributed by atoms with Gasteiger partial charge < -0.3 is 15.7 Å². The molecule has 0 fully saturated rings. The summed E-state index contributed by atoms with van der Waals surface area (Å²) in [6, 6.07) is 5.48. The summed E-state index contributed by atoms with van der Waals surface area (Å²) >= 11 is 5.68. The molecular formula is C10H11ClF2N2O2. The highest BCUT2D eigenvalue weighted by molar-refractivity contribution is 6.30. The Morgan fingerprint density at radius 3 is 2.76 bits per heavy atom. The first-order valence-corrected chi connectivity index (χ1v) is 5.10. The number of carbonyl (C=O) groups is 1. The largest absolute Gasteiger partial charge is 0.390 e. The first-order valence-electron chi connectivity index (χ1n) is 4.72. The van der Waals surface area contributed by atoms with Crippen LogP contribution in [-0.4, -0.2) is 30.2 Å². The molecule has 0 unspecified atom stereocenters. The fraction of sp³-hybridized carbons (Fsp3) is 0.300. The van der Waals surface area contributed by atoms with Crippen LogP contribution in [0.3, 0.4) is 0 Å². The summed E-state index contributed by atoms with van der Waals surface area (Å²) in [5.74, 6) is -3.33. The Labute approximate surface area is 102 Å². The van der Waals surface area contributed by atoms with Crippen LogP contribution < -0.4 is 10.6 Å². The zero-order valence-corrected chi connectivity index (χ0v) is 9.47. The van der Waals surface area contributed by atoms with E-state index in [4.69, 9.17) is 16.7 Å². The molecule has 0 atom stereocenters. The number of anilines is 1. The van der Waals surface area contributed by atoms with E-state index in [0.29, 0.717) is 10.7 Å². The van der Waals surface area contributed by atoms with Crippen molar-refractivity contribution in [3.8, 4) is 0 Å². The molecule has 3 N–H and O–H groups in total. The third kappa shape index (κ3) is 4.97. The SMILES string of the molecule is O=C(NCC(F)(F)CO)Nc1cccc(Cl)c1. The number of amides is 2. The van der Waals surface area contributed by atoms with Crippen LogP contribution in [0.1, 0.15) is 0 Å². The van der Waals surface area contributed by atoms with Gasteiger partial charge in [0.2, 0.25) is 0 Å². The third-order valence-electron chi connectivity index (χ3n) is 1.82. The molecular weight excluding hydrogens is 254 g/mol. The van der Waals surface area contributed by atoms with Crippen molar-refractivity contribution < 1.29 is 18.7 Å². The summed E-state index contributed by atoms with van der Waals surface area (Å²) in [5, 5.41) is 13.0. The van der Waals surface area contributed by atoms with Crippen molar-refractivity contribution in [3.63, 3.8) is 0 Å². The van der Waals surface area contributed by atoms with Crippen LogP contribution in [0.25, 0.3) is 0 Å². The molecule has 0 saturated heterocycles. The molecule has 2 amide bonds. The number of aliphatic hydroxyl groups is 1. The van der Waals surface area contributed by atoms with E-state index in [1.54, 1.807) is 18.2 Å². The number of alkyl halides is 2. The molecule has 0 bridgehead atoms. The lowest BCUT2D eigenvalue weighted by molar-refractivity contribution is -0.0451. The van der Waals surface area contributed by atoms with Crippen LogP contribution >= 0.6 is 11.6 Å². The van der Waals surface area contributed by atoms with Gasteiger partial charge in [0.15, 0.2) is 0 Å². The molecule has 1 aromatic carbocycles. The Balaban J connectivity index is 2.45. The van der Waals surface area contributed by atoms with Crippen molar-refractivity contribution in [2.75, 3.05) is 18.5 Å². The first kappa shape index (κ1) is 13.7. The normalized spacial score (nSPS) is 11.1. The van der Waals surface area contributed by atoms with E-state index in [-0.39, 0.29) is 0 Å². The number of aliphatic hydroxyl groups excluding tert-OH is 1. The van der Waals surface area contributed by atoms with Crippen molar-refractivity contribution in [2.24, 2.45) is 0 Å². The van der Waals surface area contributed by atoms with Gasteiger partial charge in [0.1, 0.15) is 6.61 Å². The fourth-order valence-corrected chi connectivity index (χ4v) is 1.20. The molecule has 0 saturated carbocycles. The van der Waals surface area contributed by atoms with Crippen molar-refractivity contribution >= 4 is 23.3 Å². The summed E-state index contributed by atoms with van der Waals surface area (Å²) in [6.45, 7) is -2.25. The lowest BCUT2D eigenvalue weighted by Crippen LogP contribution is -2.40. The average molecular weight is 265 g/mol. The molecule has 0 aliphatic heterocycles. The van der Waals surface area contributed by atoms with E-state index >= 15 is 0 Å². The zero-order chi connectivity index (χ0) is 12.9. The van der Waals surface area contributed by atoms with Crippen LogP contribution in [0.5, 0.6) is 0 Å². The number of rotatable bonds is 4. The molecule has 7 heteroatoms. The third-order valence-corrected chi connectivity index (χ3v) is 2.06. The summed E-state index contributed by atoms with van der Waals surface area (Å²) in [4.78, 5) is 11.2. The van der Waals surface area contributed by atoms with Crippen molar-refractivity contribution in [1.29, 1.82) is 0 Å². The Hall–Kier alpha value is -1.40. The molecule has 0 aliphatic rings. The van der Waals surface area contributed by atoms with E-state index in [1.807, 2.05) is 5.32 Å². The van der Waals surface area contributed by atoms with Gasteiger partial charge in [-0.05, 0) is 18.2 Å². The minimum atomic E-state index is -3.33. The Kier molecular flexibility index (Phi) is 4.65. The van der Waals surface area contributed by atoms with Crippen molar-refractivity contribution in [2.45, 2.75) is 5.92 Å². The van der Waals surface area contributed by atoms with Gasteiger partial charge in [0, 0.05) is 10.7 Å². The number of carbonyl (C=O) groups excluding carboxylic acids is 1. The van der Waals surface area contributed by atoms with Gasteiger partial charge in [-0.15, -0.1) is 0 Å². The molecule has 0 spiro atoms. The predicted molar refractivity (Wildman–Crippen MR) is 60.5 cm³/mol. The molecule has 0 radical (unpaired) electrons. The Morgan fingerprint density at radius 1 is 1.47 bits per heavy atom. The molecule has 4 nitrogen and oxygen atoms in total. The van der Waals surface area contributed by atoms with Crippen molar-refractivity contribution in [1.82, 2.24) is 5.32 Å². The summed E-state index contributed by atoms with van der Waals surface area (Å²) in [7, 11) is 0. The first-order chi connectivity index (χ1) is 7.93. The van der Waals surface area contributed by atoms with E-state index < -0.39 is 25.1 Å². The molecule has 94 valence electrons. The van der Waals surface area contributed by atoms with E-state index in [9.17, 15) is 13.6 Å². The minimum absolute atomic E-state index is 0.391. The molecule has 1 aromatic rings. The number of hydrogen-bond acceptors (Lipinski definition) is 2. The zero-order valence-electron chi connectivity index (χ0n) is 8.71. The second-order valence-electron chi connectivity index (χ2n) is 3.33. The van der Waals surface area contributed by atoms with Crippen LogP contribution in [0.15, 0.2) is 24.3 Å². The monoisotopic (exact) mass is 264 g/mol. The molecule has 0 heterocycles. The maximum absolute atomic E-state index is 12.6. The maximum Gasteiger partial charge on any atom is 0.319 e. The number of benzene rings is 1. The fourth-order valence-electron chi connectivity index (χ4n) is 1.01. The smallest absolute Gasteiger partial charge is 0.319 e. The Morgan fingerprint density at radius 2 is 2.18 bits per heavy atom. The number of nitrogens with one attached hydrogen (secondary N) is 2. The second-order valence-corrected chi connectivity index (χ2v) is 3.77. The lowest BCUT2D eigenvalue weighted by atomic mass is 10.3. The molecule has 0 aliphatic carbocycles. The highest BCUT2D eigenvalue weighted by Gasteiger charge is 2.28. The minimum Gasteiger partial charge on any atom is -0.390 e. The molecule has 0 aromatic heterocycles. The average Bonchev–Trinajstić information content (AvgIpc) is 2.27. The van der Waals surface area contributed by atoms with Gasteiger partial charge in [-0.25, -0.2) is 13.6 Å².